The lowest BCUT2D eigenvalue weighted by Gasteiger charge is -2.47. The van der Waals surface area contributed by atoms with E-state index >= 15 is 0 Å². The molecule has 1 aromatic heterocycles. The molecule has 0 unspecified atom stereocenters. The van der Waals surface area contributed by atoms with Crippen LogP contribution in [0.5, 0.6) is 11.5 Å². The molecule has 21 rings (SSSR count). The zero-order valence-electron chi connectivity index (χ0n) is 72.1. The van der Waals surface area contributed by atoms with Crippen molar-refractivity contribution < 1.29 is 15.7 Å². The first-order valence-corrected chi connectivity index (χ1v) is 39.1. The van der Waals surface area contributed by atoms with Crippen LogP contribution in [0.25, 0.3) is 94.3 Å². The summed E-state index contributed by atoms with van der Waals surface area (Å²) >= 11 is 0. The monoisotopic (exact) mass is 1480 g/mol. The zero-order valence-corrected chi connectivity index (χ0v) is 64.1. The van der Waals surface area contributed by atoms with Crippen molar-refractivity contribution in [2.24, 2.45) is 0 Å². The van der Waals surface area contributed by atoms with Crippen LogP contribution in [-0.4, -0.2) is 18.0 Å². The highest BCUT2D eigenvalue weighted by molar-refractivity contribution is 7.02. The molecule has 0 spiro atoms. The van der Waals surface area contributed by atoms with Crippen LogP contribution in [0, 0.1) is 22.7 Å². The van der Waals surface area contributed by atoms with Crippen molar-refractivity contribution in [1.29, 1.82) is 10.5 Å². The Morgan fingerprint density at radius 3 is 1.14 bits per heavy atom. The molecule has 0 amide bonds. The second kappa shape index (κ2) is 26.7. The number of nitriles is 2. The van der Waals surface area contributed by atoms with Gasteiger partial charge in [0.15, 0.2) is 0 Å². The average Bonchev–Trinajstić information content (AvgIpc) is 1.19. The van der Waals surface area contributed by atoms with Gasteiger partial charge in [-0.05, 0) is 167 Å². The molecular weight excluding hydrogens is 1390 g/mol. The van der Waals surface area contributed by atoms with Gasteiger partial charge in [0.1, 0.15) is 11.5 Å². The molecule has 16 aromatic carbocycles. The smallest absolute Gasteiger partial charge is 0.256 e. The Morgan fingerprint density at radius 2 is 0.687 bits per heavy atom. The Bertz CT molecular complexity index is 7200. The van der Waals surface area contributed by atoms with E-state index in [9.17, 15) is 18.7 Å². The second-order valence-electron chi connectivity index (χ2n) is 32.3. The topological polar surface area (TPSA) is 71.5 Å². The first kappa shape index (κ1) is 60.4. The summed E-state index contributed by atoms with van der Waals surface area (Å²) in [4.78, 5) is 7.25. The van der Waals surface area contributed by atoms with Crippen molar-refractivity contribution in [3.8, 4) is 96.1 Å². The van der Waals surface area contributed by atoms with Gasteiger partial charge >= 0.3 is 0 Å². The number of fused-ring (bicyclic) bond motifs is 11. The van der Waals surface area contributed by atoms with Crippen molar-refractivity contribution in [1.82, 2.24) is 4.57 Å². The third-order valence-electron chi connectivity index (χ3n) is 23.6. The third-order valence-corrected chi connectivity index (χ3v) is 23.6. The molecule has 4 aliphatic rings. The van der Waals surface area contributed by atoms with Crippen molar-refractivity contribution in [2.45, 2.75) is 52.4 Å². The SMILES string of the molecule is [2H]c1c([2H])c([2H])c2c(c1[2H])c1c([2H])c([2H])c([2H])c([2H])c1n2-c1ccc2c(c1)N(c1c(-c3ccccc3)cc(C#N)cc1-c1ccccc1)c1cc(C(C)(C)C)cc3c1B2c1cc2c(cc1N3c1c(-c3ccccc3)cc(C#N)cc1-c1ccccc1)Oc1cc(C(C)(C)C)cc3c1B2c1ccccc1N3c1c(-c2ccccc2)cccc1-c1ccccc1. The van der Waals surface area contributed by atoms with Gasteiger partial charge in [-0.1, -0.05) is 308 Å². The van der Waals surface area contributed by atoms with E-state index < -0.39 is 67.2 Å². The van der Waals surface area contributed by atoms with Crippen molar-refractivity contribution >= 4 is 119 Å². The average molecular weight is 1480 g/mol. The summed E-state index contributed by atoms with van der Waals surface area (Å²) in [6.07, 6.45) is 0. The molecule has 0 N–H and O–H groups in total. The minimum absolute atomic E-state index is 0.0204. The maximum Gasteiger partial charge on any atom is 0.256 e. The molecule has 4 aliphatic heterocycles. The van der Waals surface area contributed by atoms with E-state index in [-0.39, 0.29) is 27.2 Å². The van der Waals surface area contributed by atoms with Gasteiger partial charge in [-0.25, -0.2) is 0 Å². The maximum absolute atomic E-state index is 11.5. The van der Waals surface area contributed by atoms with Crippen LogP contribution >= 0.6 is 0 Å². The molecule has 5 heterocycles. The fraction of sp³-hybridized carbons (Fsp3) is 0.0755. The van der Waals surface area contributed by atoms with E-state index in [0.29, 0.717) is 33.9 Å². The number of rotatable bonds is 10. The minimum atomic E-state index is -0.697. The molecular formula is C106H76B2N6O. The number of nitrogens with zero attached hydrogens (tertiary/aromatic N) is 6. The van der Waals surface area contributed by atoms with E-state index in [4.69, 9.17) is 7.48 Å². The lowest BCUT2D eigenvalue weighted by Crippen LogP contribution is -2.64. The Morgan fingerprint density at radius 1 is 0.313 bits per heavy atom. The van der Waals surface area contributed by atoms with Gasteiger partial charge in [0, 0.05) is 90.0 Å². The molecule has 17 aromatic rings. The highest BCUT2D eigenvalue weighted by atomic mass is 16.5. The number of anilines is 9. The normalized spacial score (nSPS) is 13.9. The Labute approximate surface area is 683 Å². The van der Waals surface area contributed by atoms with E-state index in [0.717, 1.165) is 156 Å². The summed E-state index contributed by atoms with van der Waals surface area (Å²) in [5.74, 6) is 1.36. The van der Waals surface area contributed by atoms with Crippen LogP contribution in [-0.2, 0) is 10.8 Å². The van der Waals surface area contributed by atoms with Gasteiger partial charge in [0.25, 0.3) is 13.4 Å². The van der Waals surface area contributed by atoms with Gasteiger partial charge < -0.3 is 24.0 Å². The summed E-state index contributed by atoms with van der Waals surface area (Å²) in [5, 5.41) is 22.8. The van der Waals surface area contributed by atoms with Gasteiger partial charge in [-0.15, -0.1) is 0 Å². The number of hydrogen-bond acceptors (Lipinski definition) is 6. The predicted molar refractivity (Wildman–Crippen MR) is 480 cm³/mol. The number of aromatic nitrogens is 1. The van der Waals surface area contributed by atoms with Crippen LogP contribution in [0.1, 0.15) is 74.8 Å². The highest BCUT2D eigenvalue weighted by Crippen LogP contribution is 2.57. The fourth-order valence-corrected chi connectivity index (χ4v) is 18.3. The molecule has 7 nitrogen and oxygen atoms in total. The molecule has 0 atom stereocenters. The van der Waals surface area contributed by atoms with Crippen LogP contribution in [0.15, 0.2) is 352 Å². The number of benzene rings is 16. The molecule has 115 heavy (non-hydrogen) atoms. The van der Waals surface area contributed by atoms with Gasteiger partial charge in [-0.2, -0.15) is 10.5 Å². The van der Waals surface area contributed by atoms with Crippen molar-refractivity contribution in [2.75, 3.05) is 14.7 Å². The quantitative estimate of drug-likeness (QED) is 0.127. The van der Waals surface area contributed by atoms with Gasteiger partial charge in [0.2, 0.25) is 0 Å². The summed E-state index contributed by atoms with van der Waals surface area (Å²) in [6, 6.07) is 107. The van der Waals surface area contributed by atoms with Crippen molar-refractivity contribution in [3.63, 3.8) is 0 Å². The number of hydrogen-bond donors (Lipinski definition) is 0. The summed E-state index contributed by atoms with van der Waals surface area (Å²) < 4.78 is 85.9. The lowest BCUT2D eigenvalue weighted by atomic mass is 9.30. The zero-order chi connectivity index (χ0) is 84.5. The van der Waals surface area contributed by atoms with E-state index in [1.807, 2.05) is 109 Å². The molecule has 0 radical (unpaired) electrons. The van der Waals surface area contributed by atoms with Crippen LogP contribution in [0.3, 0.4) is 0 Å². The third kappa shape index (κ3) is 11.0. The van der Waals surface area contributed by atoms with Crippen molar-refractivity contribution in [3.05, 3.63) is 374 Å². The first-order valence-electron chi connectivity index (χ1n) is 43.1. The van der Waals surface area contributed by atoms with Gasteiger partial charge in [-0.3, -0.25) is 0 Å². The van der Waals surface area contributed by atoms with Crippen LogP contribution in [0.2, 0.25) is 0 Å². The molecule has 0 fully saturated rings. The van der Waals surface area contributed by atoms with Crippen LogP contribution < -0.4 is 52.2 Å². The van der Waals surface area contributed by atoms with E-state index in [1.165, 1.54) is 0 Å². The molecule has 0 saturated heterocycles. The first-order chi connectivity index (χ1) is 59.6. The van der Waals surface area contributed by atoms with E-state index in [1.54, 1.807) is 4.57 Å². The fourth-order valence-electron chi connectivity index (χ4n) is 18.3. The second-order valence-corrected chi connectivity index (χ2v) is 32.3. The highest BCUT2D eigenvalue weighted by Gasteiger charge is 2.50. The molecule has 0 bridgehead atoms. The molecule has 9 heteroatoms. The van der Waals surface area contributed by atoms with Crippen LogP contribution in [0.4, 0.5) is 51.2 Å². The Hall–Kier alpha value is -14.4. The standard InChI is InChI=1S/C106H76B2N6O/c1-105(2,3)75-58-95-100-96(59-75)114(104-84(73-40-21-11-22-41-73)56-68(66-110)57-85(104)74-42-23-12-24-43-74)94-64-98-89(108-86-48-27-30-51-92(86)112(97-60-76(106(4,5)6)61-99(115-98)101(97)108)102-78(69-32-13-7-14-33-69)46-31-47-79(102)70-34-15-8-16-35-70)63-88(94)107(100)87-53-52-77(111-90-49-28-25-44-80(90)81-45-26-29-50-91(81)111)62-93(87)113(95)103-82(71-36-17-9-18-37-71)54-67(65-109)55-83(103)72-38-19-10-20-39-72/h7-64H,1-6H3/i25D,26D,28D,29D,44D,45D,49D,50D. The lowest BCUT2D eigenvalue weighted by molar-refractivity contribution is 0.483. The minimum Gasteiger partial charge on any atom is -0.458 e. The number of ether oxygens (including phenoxy) is 1. The summed E-state index contributed by atoms with van der Waals surface area (Å²) in [5.41, 5.74) is 26.0. The largest absolute Gasteiger partial charge is 0.458 e. The molecule has 0 saturated carbocycles. The molecule has 542 valence electrons. The Kier molecular flexibility index (Phi) is 14.0. The van der Waals surface area contributed by atoms with E-state index in [2.05, 4.69) is 263 Å². The molecule has 0 aliphatic carbocycles. The van der Waals surface area contributed by atoms with Gasteiger partial charge in [0.05, 0.1) is 62.3 Å². The Balaban J connectivity index is 0.941. The number of para-hydroxylation sites is 4. The predicted octanol–water partition coefficient (Wildman–Crippen LogP) is 23.6. The maximum atomic E-state index is 11.5. The summed E-state index contributed by atoms with van der Waals surface area (Å²) in [6.45, 7) is 12.3. The summed E-state index contributed by atoms with van der Waals surface area (Å²) in [7, 11) is 0.